The number of hydrogen-bond donors (Lipinski definition) is 1. The molecule has 3 aliphatic heterocycles. The fraction of sp³-hybridized carbons (Fsp3) is 0.636. The van der Waals surface area contributed by atoms with Crippen LogP contribution in [0.25, 0.3) is 0 Å². The van der Waals surface area contributed by atoms with Crippen LogP contribution in [0.3, 0.4) is 0 Å². The van der Waals surface area contributed by atoms with Gasteiger partial charge in [-0.3, -0.25) is 9.59 Å². The molecule has 3 saturated heterocycles. The quantitative estimate of drug-likeness (QED) is 0.844. The van der Waals surface area contributed by atoms with E-state index >= 15 is 0 Å². The van der Waals surface area contributed by atoms with Crippen LogP contribution in [0.15, 0.2) is 24.3 Å². The molecule has 0 aliphatic carbocycles. The Labute approximate surface area is 167 Å². The standard InChI is InChI=1S/C22H31N3O3/c1-3-4-10-24-14-18-19(15-24)22(23-20(18)26)8-11-25(12-9-22)21(27)16-6-5-7-17(13-16)28-2/h5-7,13,18-19H,3-4,8-12,14-15H2,1-2H3,(H,23,26)/t18-,19+/m1/s1. The number of nitrogens with zero attached hydrogens (tertiary/aromatic N) is 2. The Bertz CT molecular complexity index is 742. The smallest absolute Gasteiger partial charge is 0.253 e. The molecule has 2 atom stereocenters. The molecule has 0 unspecified atom stereocenters. The van der Waals surface area contributed by atoms with E-state index < -0.39 is 0 Å². The predicted octanol–water partition coefficient (Wildman–Crippen LogP) is 2.15. The normalized spacial score (nSPS) is 26.4. The number of rotatable bonds is 5. The van der Waals surface area contributed by atoms with Crippen LogP contribution in [-0.2, 0) is 4.79 Å². The summed E-state index contributed by atoms with van der Waals surface area (Å²) in [6.07, 6.45) is 4.07. The molecule has 3 fully saturated rings. The number of likely N-dealkylation sites (tertiary alicyclic amines) is 2. The van der Waals surface area contributed by atoms with Crippen molar-refractivity contribution in [2.24, 2.45) is 11.8 Å². The topological polar surface area (TPSA) is 61.9 Å². The maximum absolute atomic E-state index is 12.9. The number of ether oxygens (including phenoxy) is 1. The molecule has 0 bridgehead atoms. The van der Waals surface area contributed by atoms with E-state index in [-0.39, 0.29) is 23.3 Å². The van der Waals surface area contributed by atoms with Crippen LogP contribution < -0.4 is 10.1 Å². The van der Waals surface area contributed by atoms with E-state index in [2.05, 4.69) is 17.1 Å². The van der Waals surface area contributed by atoms with Gasteiger partial charge in [0.15, 0.2) is 0 Å². The van der Waals surface area contributed by atoms with Crippen molar-refractivity contribution in [3.05, 3.63) is 29.8 Å². The van der Waals surface area contributed by atoms with Crippen molar-refractivity contribution in [1.29, 1.82) is 0 Å². The third-order valence-corrected chi connectivity index (χ3v) is 6.90. The van der Waals surface area contributed by atoms with Crippen molar-refractivity contribution in [3.8, 4) is 5.75 Å². The van der Waals surface area contributed by atoms with Gasteiger partial charge in [0.25, 0.3) is 5.91 Å². The summed E-state index contributed by atoms with van der Waals surface area (Å²) in [5.41, 5.74) is 0.531. The SMILES string of the molecule is CCCCN1C[C@H]2C(=O)NC3(CCN(C(=O)c4cccc(OC)c4)CC3)[C@H]2C1. The van der Waals surface area contributed by atoms with Crippen LogP contribution >= 0.6 is 0 Å². The summed E-state index contributed by atoms with van der Waals surface area (Å²) in [7, 11) is 1.61. The Morgan fingerprint density at radius 3 is 2.79 bits per heavy atom. The minimum Gasteiger partial charge on any atom is -0.497 e. The largest absolute Gasteiger partial charge is 0.497 e. The number of benzene rings is 1. The summed E-state index contributed by atoms with van der Waals surface area (Å²) >= 11 is 0. The second-order valence-electron chi connectivity index (χ2n) is 8.50. The molecular formula is C22H31N3O3. The zero-order valence-electron chi connectivity index (χ0n) is 16.9. The summed E-state index contributed by atoms with van der Waals surface area (Å²) in [5.74, 6) is 1.47. The van der Waals surface area contributed by atoms with Gasteiger partial charge in [-0.2, -0.15) is 0 Å². The number of unbranched alkanes of at least 4 members (excludes halogenated alkanes) is 1. The third-order valence-electron chi connectivity index (χ3n) is 6.90. The minimum absolute atomic E-state index is 0.0469. The molecule has 6 heteroatoms. The van der Waals surface area contributed by atoms with E-state index in [0.29, 0.717) is 30.3 Å². The average Bonchev–Trinajstić information content (AvgIpc) is 3.26. The lowest BCUT2D eigenvalue weighted by molar-refractivity contribution is -0.123. The molecule has 1 aromatic rings. The van der Waals surface area contributed by atoms with E-state index in [9.17, 15) is 9.59 Å². The molecule has 28 heavy (non-hydrogen) atoms. The molecule has 6 nitrogen and oxygen atoms in total. The molecule has 1 N–H and O–H groups in total. The summed E-state index contributed by atoms with van der Waals surface area (Å²) in [6.45, 7) is 6.58. The molecule has 1 aromatic carbocycles. The maximum atomic E-state index is 12.9. The van der Waals surface area contributed by atoms with Crippen molar-refractivity contribution < 1.29 is 14.3 Å². The first-order chi connectivity index (χ1) is 13.6. The van der Waals surface area contributed by atoms with Crippen molar-refractivity contribution >= 4 is 11.8 Å². The molecular weight excluding hydrogens is 354 g/mol. The minimum atomic E-state index is -0.131. The first-order valence-electron chi connectivity index (χ1n) is 10.5. The van der Waals surface area contributed by atoms with Gasteiger partial charge in [-0.15, -0.1) is 0 Å². The van der Waals surface area contributed by atoms with E-state index in [4.69, 9.17) is 4.74 Å². The van der Waals surface area contributed by atoms with Crippen LogP contribution in [0, 0.1) is 11.8 Å². The zero-order valence-corrected chi connectivity index (χ0v) is 16.9. The number of methoxy groups -OCH3 is 1. The van der Waals surface area contributed by atoms with Crippen molar-refractivity contribution in [2.75, 3.05) is 39.8 Å². The highest BCUT2D eigenvalue weighted by Crippen LogP contribution is 2.44. The molecule has 0 radical (unpaired) electrons. The van der Waals surface area contributed by atoms with Crippen LogP contribution in [0.1, 0.15) is 43.0 Å². The van der Waals surface area contributed by atoms with Gasteiger partial charge in [0.2, 0.25) is 5.91 Å². The number of carbonyl (C=O) groups excluding carboxylic acids is 2. The first kappa shape index (κ1) is 19.2. The predicted molar refractivity (Wildman–Crippen MR) is 107 cm³/mol. The molecule has 0 saturated carbocycles. The van der Waals surface area contributed by atoms with Crippen molar-refractivity contribution in [1.82, 2.24) is 15.1 Å². The van der Waals surface area contributed by atoms with Gasteiger partial charge in [0.1, 0.15) is 5.75 Å². The summed E-state index contributed by atoms with van der Waals surface area (Å²) in [4.78, 5) is 29.9. The molecule has 1 spiro atoms. The summed E-state index contributed by atoms with van der Waals surface area (Å²) in [5, 5.41) is 3.34. The summed E-state index contributed by atoms with van der Waals surface area (Å²) < 4.78 is 5.24. The van der Waals surface area contributed by atoms with Crippen LogP contribution in [0.5, 0.6) is 5.75 Å². The Kier molecular flexibility index (Phi) is 5.32. The van der Waals surface area contributed by atoms with Gasteiger partial charge < -0.3 is 19.9 Å². The van der Waals surface area contributed by atoms with Gasteiger partial charge in [-0.05, 0) is 44.0 Å². The molecule has 2 amide bonds. The van der Waals surface area contributed by atoms with Gasteiger partial charge in [-0.25, -0.2) is 0 Å². The monoisotopic (exact) mass is 385 g/mol. The number of carbonyl (C=O) groups is 2. The van der Waals surface area contributed by atoms with E-state index in [1.807, 2.05) is 23.1 Å². The number of piperidine rings is 1. The lowest BCUT2D eigenvalue weighted by Gasteiger charge is -2.42. The van der Waals surface area contributed by atoms with Crippen LogP contribution in [-0.4, -0.2) is 67.0 Å². The third kappa shape index (κ3) is 3.39. The fourth-order valence-corrected chi connectivity index (χ4v) is 5.25. The lowest BCUT2D eigenvalue weighted by Crippen LogP contribution is -2.56. The van der Waals surface area contributed by atoms with Crippen molar-refractivity contribution in [3.63, 3.8) is 0 Å². The molecule has 0 aromatic heterocycles. The number of hydrogen-bond acceptors (Lipinski definition) is 4. The van der Waals surface area contributed by atoms with E-state index in [0.717, 1.165) is 32.5 Å². The summed E-state index contributed by atoms with van der Waals surface area (Å²) in [6, 6.07) is 7.33. The number of amides is 2. The highest BCUT2D eigenvalue weighted by Gasteiger charge is 2.57. The maximum Gasteiger partial charge on any atom is 0.253 e. The van der Waals surface area contributed by atoms with Crippen molar-refractivity contribution in [2.45, 2.75) is 38.1 Å². The Morgan fingerprint density at radius 2 is 2.07 bits per heavy atom. The Balaban J connectivity index is 1.41. The molecule has 3 heterocycles. The highest BCUT2D eigenvalue weighted by atomic mass is 16.5. The Morgan fingerprint density at radius 1 is 1.29 bits per heavy atom. The average molecular weight is 386 g/mol. The molecule has 4 rings (SSSR count). The van der Waals surface area contributed by atoms with E-state index in [1.165, 1.54) is 12.8 Å². The second-order valence-corrected chi connectivity index (χ2v) is 8.50. The number of fused-ring (bicyclic) bond motifs is 2. The highest BCUT2D eigenvalue weighted by molar-refractivity contribution is 5.94. The van der Waals surface area contributed by atoms with Gasteiger partial charge >= 0.3 is 0 Å². The second kappa shape index (κ2) is 7.74. The fourth-order valence-electron chi connectivity index (χ4n) is 5.25. The Hall–Kier alpha value is -2.08. The van der Waals surface area contributed by atoms with Gasteiger partial charge in [-0.1, -0.05) is 19.4 Å². The number of nitrogens with one attached hydrogen (secondary N) is 1. The van der Waals surface area contributed by atoms with Crippen LogP contribution in [0.4, 0.5) is 0 Å². The van der Waals surface area contributed by atoms with E-state index in [1.54, 1.807) is 13.2 Å². The van der Waals surface area contributed by atoms with Gasteiger partial charge in [0.05, 0.1) is 13.0 Å². The molecule has 3 aliphatic rings. The zero-order chi connectivity index (χ0) is 19.7. The first-order valence-corrected chi connectivity index (χ1v) is 10.5. The van der Waals surface area contributed by atoms with Gasteiger partial charge in [0, 0.05) is 43.2 Å². The molecule has 152 valence electrons. The van der Waals surface area contributed by atoms with Crippen LogP contribution in [0.2, 0.25) is 0 Å². The lowest BCUT2D eigenvalue weighted by atomic mass is 9.75.